The quantitative estimate of drug-likeness (QED) is 0.811. The first kappa shape index (κ1) is 15.4. The average molecular weight is 355 g/mol. The van der Waals surface area contributed by atoms with Gasteiger partial charge in [-0.25, -0.2) is 0 Å². The lowest BCUT2D eigenvalue weighted by atomic mass is 10.3. The molecule has 1 N–H and O–H groups in total. The van der Waals surface area contributed by atoms with Crippen LogP contribution in [0.25, 0.3) is 0 Å². The normalized spacial score (nSPS) is 10.8. The molecule has 0 spiro atoms. The molecule has 0 saturated carbocycles. The van der Waals surface area contributed by atoms with E-state index in [0.29, 0.717) is 6.61 Å². The first-order valence-corrected chi connectivity index (χ1v) is 8.16. The van der Waals surface area contributed by atoms with Crippen LogP contribution in [-0.4, -0.2) is 32.1 Å². The van der Waals surface area contributed by atoms with E-state index in [1.54, 1.807) is 11.3 Å². The van der Waals surface area contributed by atoms with Crippen LogP contribution in [0, 0.1) is 0 Å². The minimum absolute atomic E-state index is 0.710. The predicted molar refractivity (Wildman–Crippen MR) is 89.8 cm³/mol. The molecule has 1 aromatic heterocycles. The van der Waals surface area contributed by atoms with Gasteiger partial charge in [0.25, 0.3) is 0 Å². The topological polar surface area (TPSA) is 24.5 Å². The second-order valence-corrected chi connectivity index (χ2v) is 6.58. The summed E-state index contributed by atoms with van der Waals surface area (Å²) in [6.07, 6.45) is 0. The molecule has 0 radical (unpaired) electrons. The number of anilines is 1. The summed E-state index contributed by atoms with van der Waals surface area (Å²) >= 11 is 5.28. The van der Waals surface area contributed by atoms with Gasteiger partial charge in [0.2, 0.25) is 0 Å². The third-order valence-electron chi connectivity index (χ3n) is 2.81. The van der Waals surface area contributed by atoms with Crippen molar-refractivity contribution in [3.63, 3.8) is 0 Å². The molecule has 2 aromatic rings. The van der Waals surface area contributed by atoms with E-state index >= 15 is 0 Å². The Hall–Kier alpha value is -1.04. The number of halogens is 1. The van der Waals surface area contributed by atoms with Gasteiger partial charge in [-0.15, -0.1) is 11.3 Å². The molecule has 5 heteroatoms. The summed E-state index contributed by atoms with van der Waals surface area (Å²) in [5, 5.41) is 5.49. The fourth-order valence-corrected chi connectivity index (χ4v) is 3.08. The molecule has 0 bridgehead atoms. The summed E-state index contributed by atoms with van der Waals surface area (Å²) in [4.78, 5) is 3.41. The van der Waals surface area contributed by atoms with E-state index in [4.69, 9.17) is 4.74 Å². The van der Waals surface area contributed by atoms with E-state index in [9.17, 15) is 0 Å². The molecule has 0 saturated heterocycles. The van der Waals surface area contributed by atoms with Crippen molar-refractivity contribution in [2.75, 3.05) is 32.6 Å². The zero-order valence-electron chi connectivity index (χ0n) is 11.7. The molecule has 0 aliphatic carbocycles. The van der Waals surface area contributed by atoms with Gasteiger partial charge < -0.3 is 15.0 Å². The minimum atomic E-state index is 0.710. The smallest absolute Gasteiger partial charge is 0.119 e. The maximum atomic E-state index is 5.67. The maximum absolute atomic E-state index is 5.67. The third-order valence-corrected chi connectivity index (χ3v) is 4.73. The van der Waals surface area contributed by atoms with Crippen LogP contribution in [0.15, 0.2) is 40.2 Å². The van der Waals surface area contributed by atoms with Crippen molar-refractivity contribution in [3.05, 3.63) is 45.1 Å². The highest BCUT2D eigenvalue weighted by atomic mass is 79.9. The molecule has 0 atom stereocenters. The van der Waals surface area contributed by atoms with Crippen molar-refractivity contribution in [2.24, 2.45) is 0 Å². The van der Waals surface area contributed by atoms with Crippen LogP contribution in [-0.2, 0) is 6.54 Å². The highest BCUT2D eigenvalue weighted by molar-refractivity contribution is 9.10. The molecule has 108 valence electrons. The van der Waals surface area contributed by atoms with E-state index in [0.717, 1.165) is 24.5 Å². The van der Waals surface area contributed by atoms with Crippen LogP contribution in [0.1, 0.15) is 4.88 Å². The van der Waals surface area contributed by atoms with E-state index in [2.05, 4.69) is 37.6 Å². The van der Waals surface area contributed by atoms with Gasteiger partial charge in [0.05, 0.1) is 6.54 Å². The molecule has 0 unspecified atom stereocenters. The average Bonchev–Trinajstić information content (AvgIpc) is 2.83. The van der Waals surface area contributed by atoms with Crippen molar-refractivity contribution in [2.45, 2.75) is 6.54 Å². The molecule has 0 fully saturated rings. The lowest BCUT2D eigenvalue weighted by Gasteiger charge is -2.11. The van der Waals surface area contributed by atoms with Crippen molar-refractivity contribution < 1.29 is 4.74 Å². The third kappa shape index (κ3) is 4.81. The van der Waals surface area contributed by atoms with Crippen molar-refractivity contribution in [1.82, 2.24) is 4.90 Å². The molecule has 0 aliphatic rings. The Morgan fingerprint density at radius 1 is 1.20 bits per heavy atom. The Balaban J connectivity index is 1.81. The van der Waals surface area contributed by atoms with Crippen LogP contribution in [0.2, 0.25) is 0 Å². The van der Waals surface area contributed by atoms with Gasteiger partial charge in [-0.2, -0.15) is 0 Å². The summed E-state index contributed by atoms with van der Waals surface area (Å²) < 4.78 is 6.83. The number of ether oxygens (including phenoxy) is 1. The standard InChI is InChI=1S/C15H19BrN2OS/c1-18(2)8-9-19-13-5-3-12(4-6-13)17-11-15-14(16)7-10-20-15/h3-7,10,17H,8-9,11H2,1-2H3. The Morgan fingerprint density at radius 2 is 1.95 bits per heavy atom. The lowest BCUT2D eigenvalue weighted by molar-refractivity contribution is 0.261. The number of nitrogens with zero attached hydrogens (tertiary/aromatic N) is 1. The molecule has 20 heavy (non-hydrogen) atoms. The summed E-state index contributed by atoms with van der Waals surface area (Å²) in [5.74, 6) is 0.912. The van der Waals surface area contributed by atoms with Crippen LogP contribution in [0.4, 0.5) is 5.69 Å². The molecular formula is C15H19BrN2OS. The Labute approximate surface area is 132 Å². The highest BCUT2D eigenvalue weighted by Gasteiger charge is 2.01. The molecule has 3 nitrogen and oxygen atoms in total. The number of thiophene rings is 1. The van der Waals surface area contributed by atoms with Gasteiger partial charge in [-0.3, -0.25) is 0 Å². The van der Waals surface area contributed by atoms with E-state index < -0.39 is 0 Å². The number of benzene rings is 1. The van der Waals surface area contributed by atoms with Crippen molar-refractivity contribution in [3.8, 4) is 5.75 Å². The van der Waals surface area contributed by atoms with Crippen molar-refractivity contribution >= 4 is 33.0 Å². The highest BCUT2D eigenvalue weighted by Crippen LogP contribution is 2.24. The summed E-state index contributed by atoms with van der Waals surface area (Å²) in [6, 6.07) is 10.2. The summed E-state index contributed by atoms with van der Waals surface area (Å²) in [7, 11) is 4.08. The molecule has 2 rings (SSSR count). The SMILES string of the molecule is CN(C)CCOc1ccc(NCc2sccc2Br)cc1. The van der Waals surface area contributed by atoms with Gasteiger partial charge in [-0.1, -0.05) is 0 Å². The van der Waals surface area contributed by atoms with Gasteiger partial charge in [0, 0.05) is 21.6 Å². The molecule has 1 aromatic carbocycles. The van der Waals surface area contributed by atoms with E-state index in [1.807, 2.05) is 38.4 Å². The largest absolute Gasteiger partial charge is 0.492 e. The molecule has 0 amide bonds. The second kappa shape index (κ2) is 7.67. The van der Waals surface area contributed by atoms with Crippen molar-refractivity contribution in [1.29, 1.82) is 0 Å². The molecule has 0 aliphatic heterocycles. The van der Waals surface area contributed by atoms with Gasteiger partial charge in [-0.05, 0) is 65.7 Å². The van der Waals surface area contributed by atoms with Crippen LogP contribution >= 0.6 is 27.3 Å². The Morgan fingerprint density at radius 3 is 2.55 bits per heavy atom. The number of hydrogen-bond donors (Lipinski definition) is 1. The van der Waals surface area contributed by atoms with E-state index in [1.165, 1.54) is 9.35 Å². The van der Waals surface area contributed by atoms with Crippen LogP contribution in [0.5, 0.6) is 5.75 Å². The van der Waals surface area contributed by atoms with E-state index in [-0.39, 0.29) is 0 Å². The van der Waals surface area contributed by atoms with Gasteiger partial charge in [0.1, 0.15) is 12.4 Å². The predicted octanol–water partition coefficient (Wildman–Crippen LogP) is 4.06. The summed E-state index contributed by atoms with van der Waals surface area (Å²) in [5.41, 5.74) is 1.10. The maximum Gasteiger partial charge on any atom is 0.119 e. The Kier molecular flexibility index (Phi) is 5.88. The lowest BCUT2D eigenvalue weighted by Crippen LogP contribution is -2.19. The minimum Gasteiger partial charge on any atom is -0.492 e. The second-order valence-electron chi connectivity index (χ2n) is 4.72. The number of hydrogen-bond acceptors (Lipinski definition) is 4. The zero-order chi connectivity index (χ0) is 14.4. The van der Waals surface area contributed by atoms with Gasteiger partial charge >= 0.3 is 0 Å². The Bertz CT molecular complexity index is 525. The fraction of sp³-hybridized carbons (Fsp3) is 0.333. The van der Waals surface area contributed by atoms with Crippen LogP contribution < -0.4 is 10.1 Å². The fourth-order valence-electron chi connectivity index (χ4n) is 1.65. The molecular weight excluding hydrogens is 336 g/mol. The van der Waals surface area contributed by atoms with Crippen LogP contribution in [0.3, 0.4) is 0 Å². The first-order valence-electron chi connectivity index (χ1n) is 6.48. The monoisotopic (exact) mass is 354 g/mol. The number of rotatable bonds is 7. The number of nitrogens with one attached hydrogen (secondary N) is 1. The summed E-state index contributed by atoms with van der Waals surface area (Å²) in [6.45, 7) is 2.47. The van der Waals surface area contributed by atoms with Gasteiger partial charge in [0.15, 0.2) is 0 Å². The number of likely N-dealkylation sites (N-methyl/N-ethyl adjacent to an activating group) is 1. The first-order chi connectivity index (χ1) is 9.65. The zero-order valence-corrected chi connectivity index (χ0v) is 14.1. The molecule has 1 heterocycles.